The summed E-state index contributed by atoms with van der Waals surface area (Å²) >= 11 is 0. The van der Waals surface area contributed by atoms with E-state index in [9.17, 15) is 0 Å². The molecule has 14 rings (SSSR count). The molecule has 0 bridgehead atoms. The maximum absolute atomic E-state index is 6.66. The van der Waals surface area contributed by atoms with Crippen molar-refractivity contribution in [3.8, 4) is 34.4 Å². The fourth-order valence-electron chi connectivity index (χ4n) is 9.38. The third-order valence-electron chi connectivity index (χ3n) is 11.7. The van der Waals surface area contributed by atoms with Crippen molar-refractivity contribution >= 4 is 98.5 Å². The van der Waals surface area contributed by atoms with Gasteiger partial charge in [-0.3, -0.25) is 9.13 Å². The van der Waals surface area contributed by atoms with Crippen LogP contribution in [0.3, 0.4) is 0 Å². The molecule has 0 saturated carbocycles. The van der Waals surface area contributed by atoms with Crippen LogP contribution in [0.25, 0.3) is 133 Å². The molecule has 1 aliphatic carbocycles. The lowest BCUT2D eigenvalue weighted by Crippen LogP contribution is -2.07. The summed E-state index contributed by atoms with van der Waals surface area (Å²) in [6, 6.07) is 50.2. The smallest absolute Gasteiger partial charge is 0.237 e. The summed E-state index contributed by atoms with van der Waals surface area (Å²) in [5.41, 5.74) is 11.3. The fourth-order valence-corrected chi connectivity index (χ4v) is 9.38. The summed E-state index contributed by atoms with van der Waals surface area (Å²) in [6.45, 7) is 0. The van der Waals surface area contributed by atoms with E-state index in [0.717, 1.165) is 115 Å². The van der Waals surface area contributed by atoms with Gasteiger partial charge in [-0.25, -0.2) is 9.97 Å². The first-order valence-corrected chi connectivity index (χ1v) is 18.7. The van der Waals surface area contributed by atoms with E-state index < -0.39 is 0 Å². The van der Waals surface area contributed by atoms with Gasteiger partial charge in [0.1, 0.15) is 22.2 Å². The summed E-state index contributed by atoms with van der Waals surface area (Å²) in [7, 11) is 0. The van der Waals surface area contributed by atoms with Crippen molar-refractivity contribution < 1.29 is 8.83 Å². The van der Waals surface area contributed by atoms with E-state index in [1.54, 1.807) is 0 Å². The van der Waals surface area contributed by atoms with E-state index in [1.807, 2.05) is 36.4 Å². The van der Waals surface area contributed by atoms with Crippen molar-refractivity contribution in [2.45, 2.75) is 0 Å². The third kappa shape index (κ3) is 3.45. The predicted molar refractivity (Wildman–Crippen MR) is 223 cm³/mol. The Hall–Kier alpha value is -7.84. The van der Waals surface area contributed by atoms with Gasteiger partial charge >= 0.3 is 0 Å². The monoisotopic (exact) mass is 716 g/mol. The van der Waals surface area contributed by atoms with Crippen LogP contribution in [0.5, 0.6) is 0 Å². The van der Waals surface area contributed by atoms with Crippen LogP contribution in [-0.2, 0) is 0 Å². The van der Waals surface area contributed by atoms with Crippen LogP contribution in [0.1, 0.15) is 0 Å². The molecule has 0 fully saturated rings. The Balaban J connectivity index is 1.13. The van der Waals surface area contributed by atoms with Crippen LogP contribution < -0.4 is 0 Å². The zero-order valence-electron chi connectivity index (χ0n) is 29.4. The highest BCUT2D eigenvalue weighted by molar-refractivity contribution is 6.23. The zero-order valence-corrected chi connectivity index (χ0v) is 29.4. The number of para-hydroxylation sites is 4. The van der Waals surface area contributed by atoms with Crippen molar-refractivity contribution in [3.05, 3.63) is 146 Å². The van der Waals surface area contributed by atoms with Crippen molar-refractivity contribution in [2.24, 2.45) is 0 Å². The number of benzene rings is 7. The molecule has 7 aromatic carbocycles. The lowest BCUT2D eigenvalue weighted by molar-refractivity contribution is 0.670. The Kier molecular flexibility index (Phi) is 5.12. The van der Waals surface area contributed by atoms with Crippen LogP contribution in [0.15, 0.2) is 154 Å². The average Bonchev–Trinajstić information content (AvgIpc) is 4.05. The number of nitrogens with zero attached hydrogens (tertiary/aromatic N) is 6. The minimum Gasteiger partial charge on any atom is -0.454 e. The molecular formula is C48H24N6O2. The molecule has 0 saturated heterocycles. The number of hydrogen-bond donors (Lipinski definition) is 0. The summed E-state index contributed by atoms with van der Waals surface area (Å²) in [5, 5.41) is 9.38. The molecule has 6 aromatic heterocycles. The number of fused-ring (bicyclic) bond motifs is 17. The number of aromatic nitrogens is 6. The summed E-state index contributed by atoms with van der Waals surface area (Å²) in [5.74, 6) is 1.03. The van der Waals surface area contributed by atoms with Crippen molar-refractivity contribution in [1.82, 2.24) is 29.1 Å². The standard InChI is InChI=1S/C48H24N6O2/c1-2-16-30-29(15-1)40-39-41(30)50-48(54-36-18-8-4-12-26(36)32-22-24-34-28-14-6-10-20-38(28)56-45(34)43(32)54)52-46(39)51-47(49-40)53-35-17-7-3-11-25(35)31-21-23-33-27-13-5-9-19-37(27)55-44(33)42(31)53/h1-24H. The molecule has 8 heteroatoms. The molecule has 258 valence electrons. The summed E-state index contributed by atoms with van der Waals surface area (Å²) < 4.78 is 17.6. The molecule has 0 spiro atoms. The first kappa shape index (κ1) is 28.6. The highest BCUT2D eigenvalue weighted by Crippen LogP contribution is 2.47. The van der Waals surface area contributed by atoms with E-state index in [1.165, 1.54) is 0 Å². The molecule has 0 unspecified atom stereocenters. The number of furan rings is 2. The number of hydrogen-bond acceptors (Lipinski definition) is 6. The van der Waals surface area contributed by atoms with Crippen molar-refractivity contribution in [3.63, 3.8) is 0 Å². The molecule has 0 radical (unpaired) electrons. The predicted octanol–water partition coefficient (Wildman–Crippen LogP) is 12.1. The second kappa shape index (κ2) is 10.0. The van der Waals surface area contributed by atoms with E-state index in [2.05, 4.69) is 118 Å². The van der Waals surface area contributed by atoms with Gasteiger partial charge in [-0.1, -0.05) is 109 Å². The van der Waals surface area contributed by atoms with Gasteiger partial charge in [-0.2, -0.15) is 9.97 Å². The lowest BCUT2D eigenvalue weighted by Gasteiger charge is -2.11. The first-order valence-electron chi connectivity index (χ1n) is 18.7. The summed E-state index contributed by atoms with van der Waals surface area (Å²) in [4.78, 5) is 21.5. The quantitative estimate of drug-likeness (QED) is 0.177. The average molecular weight is 717 g/mol. The van der Waals surface area contributed by atoms with Gasteiger partial charge in [-0.15, -0.1) is 0 Å². The van der Waals surface area contributed by atoms with E-state index in [0.29, 0.717) is 17.5 Å². The second-order valence-electron chi connectivity index (χ2n) is 14.6. The SMILES string of the molecule is c1ccc2c(c1)-c1nc(-n3c4ccccc4c4ccc5c6ccccc6oc5c43)nc3nc(-n4c5ccccc5c5ccc6c7ccccc7oc6c54)nc-2c13. The highest BCUT2D eigenvalue weighted by Gasteiger charge is 2.30. The van der Waals surface area contributed by atoms with Crippen LogP contribution in [0, 0.1) is 0 Å². The Morgan fingerprint density at radius 2 is 0.768 bits per heavy atom. The Labute approximate surface area is 315 Å². The second-order valence-corrected chi connectivity index (χ2v) is 14.6. The van der Waals surface area contributed by atoms with Crippen LogP contribution in [-0.4, -0.2) is 29.1 Å². The summed E-state index contributed by atoms with van der Waals surface area (Å²) in [6.07, 6.45) is 0. The van der Waals surface area contributed by atoms with Gasteiger partial charge in [-0.05, 0) is 36.4 Å². The van der Waals surface area contributed by atoms with Gasteiger partial charge in [0.15, 0.2) is 16.8 Å². The van der Waals surface area contributed by atoms with E-state index >= 15 is 0 Å². The lowest BCUT2D eigenvalue weighted by atomic mass is 10.1. The minimum atomic E-state index is 0.515. The molecular weight excluding hydrogens is 693 g/mol. The molecule has 6 heterocycles. The van der Waals surface area contributed by atoms with Gasteiger partial charge in [0, 0.05) is 54.2 Å². The molecule has 8 nitrogen and oxygen atoms in total. The maximum atomic E-state index is 6.66. The largest absolute Gasteiger partial charge is 0.454 e. The Bertz CT molecular complexity index is 3650. The number of rotatable bonds is 2. The van der Waals surface area contributed by atoms with Crippen molar-refractivity contribution in [1.29, 1.82) is 0 Å². The molecule has 0 amide bonds. The van der Waals surface area contributed by atoms with Gasteiger partial charge in [0.2, 0.25) is 11.9 Å². The van der Waals surface area contributed by atoms with E-state index in [-0.39, 0.29) is 0 Å². The maximum Gasteiger partial charge on any atom is 0.237 e. The normalized spacial score (nSPS) is 12.6. The topological polar surface area (TPSA) is 87.7 Å². The highest BCUT2D eigenvalue weighted by atomic mass is 16.3. The fraction of sp³-hybridized carbons (Fsp3) is 0. The molecule has 0 N–H and O–H groups in total. The molecule has 1 aliphatic rings. The zero-order chi connectivity index (χ0) is 36.2. The minimum absolute atomic E-state index is 0.515. The first-order chi connectivity index (χ1) is 27.8. The molecule has 56 heavy (non-hydrogen) atoms. The molecule has 13 aromatic rings. The van der Waals surface area contributed by atoms with Gasteiger partial charge in [0.05, 0.1) is 27.8 Å². The van der Waals surface area contributed by atoms with Crippen LogP contribution >= 0.6 is 0 Å². The third-order valence-corrected chi connectivity index (χ3v) is 11.7. The Morgan fingerprint density at radius 3 is 1.27 bits per heavy atom. The van der Waals surface area contributed by atoms with Gasteiger partial charge in [0.25, 0.3) is 0 Å². The Morgan fingerprint density at radius 1 is 0.357 bits per heavy atom. The molecule has 0 aliphatic heterocycles. The molecule has 0 atom stereocenters. The van der Waals surface area contributed by atoms with Crippen LogP contribution in [0.2, 0.25) is 0 Å². The van der Waals surface area contributed by atoms with E-state index in [4.69, 9.17) is 28.8 Å². The van der Waals surface area contributed by atoms with Crippen molar-refractivity contribution in [2.75, 3.05) is 0 Å². The van der Waals surface area contributed by atoms with Gasteiger partial charge < -0.3 is 8.83 Å². The van der Waals surface area contributed by atoms with Crippen LogP contribution in [0.4, 0.5) is 0 Å².